The summed E-state index contributed by atoms with van der Waals surface area (Å²) in [6, 6.07) is 2.35. The third-order valence-electron chi connectivity index (χ3n) is 7.08. The van der Waals surface area contributed by atoms with Crippen LogP contribution >= 0.6 is 0 Å². The van der Waals surface area contributed by atoms with Crippen molar-refractivity contribution in [3.8, 4) is 0 Å². The number of nitrogens with zero attached hydrogens (tertiary/aromatic N) is 4. The van der Waals surface area contributed by atoms with E-state index in [4.69, 9.17) is 23.7 Å². The number of amides is 2. The Kier molecular flexibility index (Phi) is 13.0. The summed E-state index contributed by atoms with van der Waals surface area (Å²) in [6.45, 7) is 4.86. The summed E-state index contributed by atoms with van der Waals surface area (Å²) in [6.07, 6.45) is -4.61. The summed E-state index contributed by atoms with van der Waals surface area (Å²) in [7, 11) is 5.42. The molecule has 0 aliphatic carbocycles. The van der Waals surface area contributed by atoms with Crippen molar-refractivity contribution in [3.63, 3.8) is 0 Å². The van der Waals surface area contributed by atoms with Crippen molar-refractivity contribution >= 4 is 47.1 Å². The van der Waals surface area contributed by atoms with Crippen molar-refractivity contribution in [2.75, 3.05) is 39.1 Å². The molecule has 0 saturated carbocycles. The average Bonchev–Trinajstić information content (AvgIpc) is 3.59. The highest BCUT2D eigenvalue weighted by molar-refractivity contribution is 6.04. The zero-order valence-electron chi connectivity index (χ0n) is 28.1. The molecule has 0 unspecified atom stereocenters. The summed E-state index contributed by atoms with van der Waals surface area (Å²) in [5, 5.41) is 17.3. The second-order valence-corrected chi connectivity index (χ2v) is 11.4. The highest BCUT2D eigenvalue weighted by Crippen LogP contribution is 2.37. The third kappa shape index (κ3) is 10.3. The van der Waals surface area contributed by atoms with E-state index in [1.54, 1.807) is 7.05 Å². The number of ether oxygens (including phenoxy) is 5. The van der Waals surface area contributed by atoms with Crippen LogP contribution in [0.2, 0.25) is 0 Å². The number of aryl methyl sites for hydroxylation is 1. The first kappa shape index (κ1) is 38.2. The zero-order valence-corrected chi connectivity index (χ0v) is 28.1. The number of rotatable bonds is 14. The van der Waals surface area contributed by atoms with E-state index in [0.29, 0.717) is 13.0 Å². The number of nitro groups is 1. The first-order valence-electron chi connectivity index (χ1n) is 15.1. The van der Waals surface area contributed by atoms with E-state index >= 15 is 0 Å². The molecule has 1 fully saturated rings. The van der Waals surface area contributed by atoms with Crippen molar-refractivity contribution in [1.82, 2.24) is 19.4 Å². The fourth-order valence-corrected chi connectivity index (χ4v) is 5.13. The number of nitrogens with one attached hydrogen (secondary N) is 2. The van der Waals surface area contributed by atoms with Crippen LogP contribution in [-0.4, -0.2) is 113 Å². The second-order valence-electron chi connectivity index (χ2n) is 11.4. The number of aromatic nitrogens is 2. The zero-order chi connectivity index (χ0) is 36.6. The lowest BCUT2D eigenvalue weighted by molar-refractivity contribution is -0.385. The minimum Gasteiger partial charge on any atom is -0.463 e. The molecule has 268 valence electrons. The number of esters is 4. The van der Waals surface area contributed by atoms with E-state index in [1.807, 2.05) is 19.0 Å². The van der Waals surface area contributed by atoms with Gasteiger partial charge in [-0.1, -0.05) is 0 Å². The molecule has 2 aromatic rings. The number of anilines is 1. The van der Waals surface area contributed by atoms with Crippen LogP contribution in [0.4, 0.5) is 11.4 Å². The van der Waals surface area contributed by atoms with Gasteiger partial charge < -0.3 is 48.4 Å². The van der Waals surface area contributed by atoms with Crippen LogP contribution in [0.5, 0.6) is 0 Å². The Bertz CT molecular complexity index is 1580. The molecular formula is C30H40N6O13. The molecule has 1 saturated heterocycles. The molecule has 0 radical (unpaired) electrons. The van der Waals surface area contributed by atoms with Crippen LogP contribution in [0.1, 0.15) is 61.3 Å². The predicted molar refractivity (Wildman–Crippen MR) is 167 cm³/mol. The minimum atomic E-state index is -1.64. The number of carbonyl (C=O) groups is 6. The maximum Gasteiger partial charge on any atom is 0.303 e. The Morgan fingerprint density at radius 2 is 1.49 bits per heavy atom. The van der Waals surface area contributed by atoms with Gasteiger partial charge in [0, 0.05) is 53.6 Å². The van der Waals surface area contributed by atoms with E-state index in [1.165, 1.54) is 16.8 Å². The van der Waals surface area contributed by atoms with Gasteiger partial charge in [0.2, 0.25) is 0 Å². The molecule has 5 atom stereocenters. The third-order valence-corrected chi connectivity index (χ3v) is 7.08. The highest BCUT2D eigenvalue weighted by Gasteiger charge is 2.53. The summed E-state index contributed by atoms with van der Waals surface area (Å²) < 4.78 is 29.9. The van der Waals surface area contributed by atoms with Gasteiger partial charge in [-0.25, -0.2) is 0 Å². The number of carbonyl (C=O) groups excluding carboxylic acids is 6. The molecule has 49 heavy (non-hydrogen) atoms. The van der Waals surface area contributed by atoms with Crippen LogP contribution < -0.4 is 10.6 Å². The van der Waals surface area contributed by atoms with Gasteiger partial charge in [0.05, 0.1) is 16.8 Å². The number of hydrogen-bond acceptors (Lipinski definition) is 14. The number of hydrogen-bond donors (Lipinski definition) is 2. The Hall–Kier alpha value is -5.30. The average molecular weight is 693 g/mol. The molecule has 0 spiro atoms. The Balaban J connectivity index is 2.04. The molecule has 0 bridgehead atoms. The van der Waals surface area contributed by atoms with Crippen molar-refractivity contribution in [2.24, 2.45) is 7.05 Å². The molecule has 19 heteroatoms. The topological polar surface area (TPSA) is 229 Å². The van der Waals surface area contributed by atoms with Crippen LogP contribution in [0.3, 0.4) is 0 Å². The van der Waals surface area contributed by atoms with Crippen molar-refractivity contribution < 1.29 is 57.4 Å². The van der Waals surface area contributed by atoms with Gasteiger partial charge in [-0.3, -0.25) is 38.9 Å². The van der Waals surface area contributed by atoms with Crippen LogP contribution in [0.25, 0.3) is 0 Å². The second kappa shape index (κ2) is 16.7. The Morgan fingerprint density at radius 1 is 0.878 bits per heavy atom. The standard InChI is InChI=1S/C30H40N6O13/c1-16(37)45-15-24-25(46-17(2)38)26(47-18(3)39)27(48-19(4)40)30(49-24)35-14-21(36(43)44)12-23(35)29(42)32-20-11-22(34(7)13-20)28(41)31-9-8-10-33(5)6/h11-14,24-27,30H,8-10,15H2,1-7H3,(H,31,41)(H,32,42)/t24-,25-,26-,27-,30+/m1/s1. The van der Waals surface area contributed by atoms with Gasteiger partial charge in [0.15, 0.2) is 24.5 Å². The largest absolute Gasteiger partial charge is 0.463 e. The van der Waals surface area contributed by atoms with E-state index in [9.17, 15) is 38.9 Å². The van der Waals surface area contributed by atoms with Crippen molar-refractivity contribution in [2.45, 2.75) is 64.8 Å². The molecule has 2 amide bonds. The highest BCUT2D eigenvalue weighted by atomic mass is 16.7. The molecule has 19 nitrogen and oxygen atoms in total. The van der Waals surface area contributed by atoms with Gasteiger partial charge in [-0.2, -0.15) is 0 Å². The van der Waals surface area contributed by atoms with E-state index < -0.39 is 83.6 Å². The lowest BCUT2D eigenvalue weighted by Gasteiger charge is -2.44. The molecule has 1 aliphatic heterocycles. The maximum atomic E-state index is 13.7. The molecule has 2 N–H and O–H groups in total. The van der Waals surface area contributed by atoms with Gasteiger partial charge in [-0.05, 0) is 33.1 Å². The fraction of sp³-hybridized carbons (Fsp3) is 0.533. The molecule has 2 aromatic heterocycles. The fourth-order valence-electron chi connectivity index (χ4n) is 5.13. The van der Waals surface area contributed by atoms with Crippen molar-refractivity contribution in [1.29, 1.82) is 0 Å². The quantitative estimate of drug-likeness (QED) is 0.0923. The van der Waals surface area contributed by atoms with Gasteiger partial charge in [0.25, 0.3) is 17.5 Å². The van der Waals surface area contributed by atoms with Crippen LogP contribution in [0, 0.1) is 10.1 Å². The molecule has 1 aliphatic rings. The predicted octanol–water partition coefficient (Wildman–Crippen LogP) is 0.924. The minimum absolute atomic E-state index is 0.169. The SMILES string of the molecule is CC(=O)OC[C@H]1O[C@H](n2cc([N+](=O)[O-])cc2C(=O)Nc2cc(C(=O)NCCCN(C)C)n(C)c2)[C@H](OC(C)=O)[C@H](OC(C)=O)[C@@H]1OC(C)=O. The van der Waals surface area contributed by atoms with Gasteiger partial charge in [0.1, 0.15) is 24.1 Å². The normalized spacial score (nSPS) is 20.2. The van der Waals surface area contributed by atoms with E-state index in [0.717, 1.165) is 51.1 Å². The van der Waals surface area contributed by atoms with Gasteiger partial charge in [-0.15, -0.1) is 0 Å². The first-order chi connectivity index (χ1) is 23.0. The van der Waals surface area contributed by atoms with E-state index in [-0.39, 0.29) is 17.1 Å². The Morgan fingerprint density at radius 3 is 2.06 bits per heavy atom. The Labute approximate surface area is 280 Å². The smallest absolute Gasteiger partial charge is 0.303 e. The summed E-state index contributed by atoms with van der Waals surface area (Å²) in [5.41, 5.74) is -0.543. The molecule has 3 rings (SSSR count). The van der Waals surface area contributed by atoms with Crippen LogP contribution in [-0.2, 0) is 49.9 Å². The lowest BCUT2D eigenvalue weighted by atomic mass is 9.97. The lowest BCUT2D eigenvalue weighted by Crippen LogP contribution is -2.60. The summed E-state index contributed by atoms with van der Waals surface area (Å²) in [4.78, 5) is 87.8. The molecular weight excluding hydrogens is 652 g/mol. The van der Waals surface area contributed by atoms with Crippen molar-refractivity contribution in [3.05, 3.63) is 46.0 Å². The monoisotopic (exact) mass is 692 g/mol. The molecule has 3 heterocycles. The maximum absolute atomic E-state index is 13.7. The summed E-state index contributed by atoms with van der Waals surface area (Å²) in [5.74, 6) is -4.67. The molecule has 0 aromatic carbocycles. The van der Waals surface area contributed by atoms with Crippen LogP contribution in [0.15, 0.2) is 24.5 Å². The first-order valence-corrected chi connectivity index (χ1v) is 15.1. The van der Waals surface area contributed by atoms with Gasteiger partial charge >= 0.3 is 23.9 Å². The summed E-state index contributed by atoms with van der Waals surface area (Å²) >= 11 is 0. The van der Waals surface area contributed by atoms with E-state index in [2.05, 4.69) is 10.6 Å².